The Labute approximate surface area is 144 Å². The summed E-state index contributed by atoms with van der Waals surface area (Å²) in [5.74, 6) is 1.78. The zero-order valence-corrected chi connectivity index (χ0v) is 15.1. The minimum atomic E-state index is 0.0696. The van der Waals surface area contributed by atoms with E-state index < -0.39 is 0 Å². The Balaban J connectivity index is 1.52. The van der Waals surface area contributed by atoms with Crippen LogP contribution in [0, 0.1) is 0 Å². The Kier molecular flexibility index (Phi) is 5.50. The third-order valence-corrected chi connectivity index (χ3v) is 5.09. The van der Waals surface area contributed by atoms with Crippen LogP contribution in [0.2, 0.25) is 0 Å². The zero-order valence-electron chi connectivity index (χ0n) is 15.1. The summed E-state index contributed by atoms with van der Waals surface area (Å²) in [7, 11) is 0. The van der Waals surface area contributed by atoms with E-state index in [2.05, 4.69) is 33.8 Å². The van der Waals surface area contributed by atoms with Gasteiger partial charge in [0, 0.05) is 45.2 Å². The molecule has 134 valence electrons. The van der Waals surface area contributed by atoms with Gasteiger partial charge in [-0.2, -0.15) is 4.98 Å². The molecule has 1 aromatic heterocycles. The predicted molar refractivity (Wildman–Crippen MR) is 90.4 cm³/mol. The molecule has 0 bridgehead atoms. The van der Waals surface area contributed by atoms with E-state index >= 15 is 0 Å². The minimum absolute atomic E-state index is 0.0696. The van der Waals surface area contributed by atoms with E-state index in [4.69, 9.17) is 4.52 Å². The summed E-state index contributed by atoms with van der Waals surface area (Å²) in [5, 5.41) is 4.03. The lowest BCUT2D eigenvalue weighted by molar-refractivity contribution is -0.143. The van der Waals surface area contributed by atoms with Gasteiger partial charge in [-0.3, -0.25) is 14.6 Å². The van der Waals surface area contributed by atoms with Gasteiger partial charge in [0.2, 0.25) is 11.8 Å². The molecular weight excluding hydrogens is 306 g/mol. The first-order valence-electron chi connectivity index (χ1n) is 9.16. The molecular formula is C17H29N5O2. The van der Waals surface area contributed by atoms with Crippen molar-refractivity contribution in [1.82, 2.24) is 24.8 Å². The molecule has 1 amide bonds. The summed E-state index contributed by atoms with van der Waals surface area (Å²) in [6, 6.07) is 0.368. The van der Waals surface area contributed by atoms with Gasteiger partial charge >= 0.3 is 0 Å². The van der Waals surface area contributed by atoms with Gasteiger partial charge in [0.05, 0.1) is 12.6 Å². The highest BCUT2D eigenvalue weighted by Gasteiger charge is 2.35. The molecule has 2 fully saturated rings. The van der Waals surface area contributed by atoms with Crippen molar-refractivity contribution in [2.75, 3.05) is 32.7 Å². The lowest BCUT2D eigenvalue weighted by Crippen LogP contribution is -2.58. The van der Waals surface area contributed by atoms with Gasteiger partial charge in [0.1, 0.15) is 0 Å². The van der Waals surface area contributed by atoms with Crippen LogP contribution in [0.3, 0.4) is 0 Å². The number of rotatable bonds is 5. The third-order valence-electron chi connectivity index (χ3n) is 5.09. The summed E-state index contributed by atoms with van der Waals surface area (Å²) < 4.78 is 5.17. The van der Waals surface area contributed by atoms with Crippen molar-refractivity contribution in [1.29, 1.82) is 0 Å². The molecule has 0 aliphatic carbocycles. The van der Waals surface area contributed by atoms with Crippen LogP contribution >= 0.6 is 0 Å². The highest BCUT2D eigenvalue weighted by atomic mass is 16.5. The van der Waals surface area contributed by atoms with E-state index in [1.54, 1.807) is 0 Å². The molecule has 2 saturated heterocycles. The predicted octanol–water partition coefficient (Wildman–Crippen LogP) is 1.15. The molecule has 0 aromatic carbocycles. The van der Waals surface area contributed by atoms with Gasteiger partial charge in [-0.05, 0) is 26.7 Å². The van der Waals surface area contributed by atoms with Gasteiger partial charge in [-0.15, -0.1) is 0 Å². The number of amides is 1. The summed E-state index contributed by atoms with van der Waals surface area (Å²) in [4.78, 5) is 23.8. The highest BCUT2D eigenvalue weighted by molar-refractivity contribution is 5.82. The smallest absolute Gasteiger partial charge is 0.240 e. The van der Waals surface area contributed by atoms with Crippen LogP contribution in [-0.4, -0.2) is 75.6 Å². The standard InChI is InChI=1S/C17H29N5O2/c1-4-16-18-15(19-24-16)12-20-8-10-21(11-9-20)14-6-5-7-22(13(2)3)17(14)23/h13-14H,4-12H2,1-3H3/t14-/m1/s1. The van der Waals surface area contributed by atoms with Gasteiger partial charge in [-0.1, -0.05) is 12.1 Å². The van der Waals surface area contributed by atoms with E-state index in [0.717, 1.165) is 64.4 Å². The topological polar surface area (TPSA) is 65.7 Å². The normalized spacial score (nSPS) is 24.1. The second kappa shape index (κ2) is 7.61. The van der Waals surface area contributed by atoms with E-state index in [1.807, 2.05) is 11.8 Å². The molecule has 2 aliphatic heterocycles. The number of piperidine rings is 1. The van der Waals surface area contributed by atoms with Crippen LogP contribution in [-0.2, 0) is 17.8 Å². The number of hydrogen-bond acceptors (Lipinski definition) is 6. The lowest BCUT2D eigenvalue weighted by Gasteiger charge is -2.43. The molecule has 0 radical (unpaired) electrons. The summed E-state index contributed by atoms with van der Waals surface area (Å²) in [6.07, 6.45) is 2.88. The molecule has 24 heavy (non-hydrogen) atoms. The van der Waals surface area contributed by atoms with E-state index in [9.17, 15) is 4.79 Å². The van der Waals surface area contributed by atoms with Crippen molar-refractivity contribution in [3.63, 3.8) is 0 Å². The molecule has 7 nitrogen and oxygen atoms in total. The first kappa shape index (κ1) is 17.4. The van der Waals surface area contributed by atoms with Crippen molar-refractivity contribution in [2.45, 2.75) is 58.7 Å². The molecule has 1 aromatic rings. The molecule has 0 N–H and O–H groups in total. The van der Waals surface area contributed by atoms with E-state index in [1.165, 1.54) is 0 Å². The van der Waals surface area contributed by atoms with Gasteiger partial charge < -0.3 is 9.42 Å². The van der Waals surface area contributed by atoms with Gasteiger partial charge in [0.15, 0.2) is 5.82 Å². The number of nitrogens with zero attached hydrogens (tertiary/aromatic N) is 5. The Morgan fingerprint density at radius 2 is 1.96 bits per heavy atom. The number of likely N-dealkylation sites (tertiary alicyclic amines) is 1. The second-order valence-corrected chi connectivity index (χ2v) is 7.05. The SMILES string of the molecule is CCc1nc(CN2CCN([C@@H]3CCCN(C(C)C)C3=O)CC2)no1. The van der Waals surface area contributed by atoms with Crippen molar-refractivity contribution in [3.8, 4) is 0 Å². The zero-order chi connectivity index (χ0) is 17.1. The number of hydrogen-bond donors (Lipinski definition) is 0. The highest BCUT2D eigenvalue weighted by Crippen LogP contribution is 2.21. The number of aromatic nitrogens is 2. The Bertz CT molecular complexity index is 551. The molecule has 7 heteroatoms. The van der Waals surface area contributed by atoms with Crippen LogP contribution in [0.25, 0.3) is 0 Å². The molecule has 0 spiro atoms. The number of aryl methyl sites for hydroxylation is 1. The number of carbonyl (C=O) groups is 1. The second-order valence-electron chi connectivity index (χ2n) is 7.05. The summed E-state index contributed by atoms with van der Waals surface area (Å²) in [6.45, 7) is 11.6. The largest absolute Gasteiger partial charge is 0.339 e. The average Bonchev–Trinajstić information content (AvgIpc) is 3.03. The Morgan fingerprint density at radius 1 is 1.21 bits per heavy atom. The van der Waals surface area contributed by atoms with Crippen LogP contribution in [0.15, 0.2) is 4.52 Å². The summed E-state index contributed by atoms with van der Waals surface area (Å²) >= 11 is 0. The average molecular weight is 335 g/mol. The molecule has 0 saturated carbocycles. The minimum Gasteiger partial charge on any atom is -0.339 e. The monoisotopic (exact) mass is 335 g/mol. The van der Waals surface area contributed by atoms with Gasteiger partial charge in [0.25, 0.3) is 0 Å². The van der Waals surface area contributed by atoms with Crippen LogP contribution in [0.4, 0.5) is 0 Å². The first-order valence-corrected chi connectivity index (χ1v) is 9.16. The lowest BCUT2D eigenvalue weighted by atomic mass is 10.0. The molecule has 3 rings (SSSR count). The quantitative estimate of drug-likeness (QED) is 0.804. The maximum atomic E-state index is 12.7. The van der Waals surface area contributed by atoms with E-state index in [-0.39, 0.29) is 6.04 Å². The fraction of sp³-hybridized carbons (Fsp3) is 0.824. The van der Waals surface area contributed by atoms with Crippen LogP contribution in [0.5, 0.6) is 0 Å². The molecule has 1 atom stereocenters. The number of carbonyl (C=O) groups excluding carboxylic acids is 1. The fourth-order valence-electron chi connectivity index (χ4n) is 3.66. The molecule has 2 aliphatic rings. The van der Waals surface area contributed by atoms with Crippen LogP contribution in [0.1, 0.15) is 45.3 Å². The summed E-state index contributed by atoms with van der Waals surface area (Å²) in [5.41, 5.74) is 0. The Morgan fingerprint density at radius 3 is 2.58 bits per heavy atom. The van der Waals surface area contributed by atoms with Crippen molar-refractivity contribution in [3.05, 3.63) is 11.7 Å². The number of piperazine rings is 1. The maximum Gasteiger partial charge on any atom is 0.240 e. The van der Waals surface area contributed by atoms with Crippen LogP contribution < -0.4 is 0 Å². The molecule has 0 unspecified atom stereocenters. The Hall–Kier alpha value is -1.47. The maximum absolute atomic E-state index is 12.7. The fourth-order valence-corrected chi connectivity index (χ4v) is 3.66. The van der Waals surface area contributed by atoms with Crippen molar-refractivity contribution >= 4 is 5.91 Å². The third kappa shape index (κ3) is 3.78. The molecule has 3 heterocycles. The van der Waals surface area contributed by atoms with E-state index in [0.29, 0.717) is 17.8 Å². The van der Waals surface area contributed by atoms with Crippen molar-refractivity contribution < 1.29 is 9.32 Å². The van der Waals surface area contributed by atoms with Crippen molar-refractivity contribution in [2.24, 2.45) is 0 Å². The van der Waals surface area contributed by atoms with Gasteiger partial charge in [-0.25, -0.2) is 0 Å². The first-order chi connectivity index (χ1) is 11.6.